The van der Waals surface area contributed by atoms with E-state index in [1.54, 1.807) is 0 Å². The molecule has 54 valence electrons. The molecule has 0 saturated heterocycles. The van der Waals surface area contributed by atoms with Crippen LogP contribution in [-0.4, -0.2) is 12.3 Å². The van der Waals surface area contributed by atoms with Crippen LogP contribution < -0.4 is 0 Å². The molecule has 1 unspecified atom stereocenters. The Kier molecular flexibility index (Phi) is 2.44. The molecule has 1 fully saturated rings. The van der Waals surface area contributed by atoms with Crippen LogP contribution in [0.4, 0.5) is 0 Å². The molecule has 0 heterocycles. The number of hydrogen-bond donors (Lipinski definition) is 0. The van der Waals surface area contributed by atoms with Crippen LogP contribution in [0, 0.1) is 12.5 Å². The predicted molar refractivity (Wildman–Crippen MR) is 38.4 cm³/mol. The van der Waals surface area contributed by atoms with Gasteiger partial charge in [-0.05, 0) is 12.8 Å². The third-order valence-corrected chi connectivity index (χ3v) is 1.93. The van der Waals surface area contributed by atoms with E-state index in [1.807, 2.05) is 0 Å². The van der Waals surface area contributed by atoms with Crippen molar-refractivity contribution in [1.29, 1.82) is 0 Å². The minimum atomic E-state index is 0.347. The second-order valence-corrected chi connectivity index (χ2v) is 2.84. The van der Waals surface area contributed by atoms with Gasteiger partial charge in [-0.25, -0.2) is 6.57 Å². The monoisotopic (exact) mass is 137 g/mol. The molecule has 0 radical (unpaired) electrons. The normalized spacial score (nSPS) is 25.9. The minimum absolute atomic E-state index is 0.347. The standard InChI is InChI=1S/C8H11NO/c1-9-6-7-3-2-4-8(10)5-7/h7H,2-6H2. The van der Waals surface area contributed by atoms with E-state index in [2.05, 4.69) is 4.85 Å². The Bertz CT molecular complexity index is 169. The zero-order valence-electron chi connectivity index (χ0n) is 5.97. The maximum atomic E-state index is 10.8. The number of nitrogens with zero attached hydrogens (tertiary/aromatic N) is 1. The molecule has 0 bridgehead atoms. The highest BCUT2D eigenvalue weighted by Gasteiger charge is 2.20. The van der Waals surface area contributed by atoms with Gasteiger partial charge in [0.05, 0.1) is 0 Å². The number of carbonyl (C=O) groups excluding carboxylic acids is 1. The molecule has 0 aromatic carbocycles. The Morgan fingerprint density at radius 1 is 1.70 bits per heavy atom. The van der Waals surface area contributed by atoms with Crippen LogP contribution in [0.5, 0.6) is 0 Å². The van der Waals surface area contributed by atoms with Crippen molar-refractivity contribution in [3.05, 3.63) is 11.4 Å². The fraction of sp³-hybridized carbons (Fsp3) is 0.750. The summed E-state index contributed by atoms with van der Waals surface area (Å²) < 4.78 is 0. The van der Waals surface area contributed by atoms with Crippen LogP contribution in [-0.2, 0) is 4.79 Å². The molecule has 1 rings (SSSR count). The van der Waals surface area contributed by atoms with E-state index in [4.69, 9.17) is 6.57 Å². The lowest BCUT2D eigenvalue weighted by molar-refractivity contribution is -0.121. The van der Waals surface area contributed by atoms with E-state index in [1.165, 1.54) is 0 Å². The van der Waals surface area contributed by atoms with Crippen molar-refractivity contribution in [2.24, 2.45) is 5.92 Å². The quantitative estimate of drug-likeness (QED) is 0.504. The second-order valence-electron chi connectivity index (χ2n) is 2.84. The molecular weight excluding hydrogens is 126 g/mol. The van der Waals surface area contributed by atoms with Gasteiger partial charge >= 0.3 is 0 Å². The number of ketones is 1. The molecule has 0 amide bonds. The Labute approximate surface area is 61.1 Å². The molecule has 0 aromatic rings. The molecule has 1 aliphatic carbocycles. The predicted octanol–water partition coefficient (Wildman–Crippen LogP) is 1.66. The summed E-state index contributed by atoms with van der Waals surface area (Å²) >= 11 is 0. The van der Waals surface area contributed by atoms with E-state index < -0.39 is 0 Å². The molecule has 0 aliphatic heterocycles. The van der Waals surface area contributed by atoms with Crippen LogP contribution in [0.25, 0.3) is 4.85 Å². The summed E-state index contributed by atoms with van der Waals surface area (Å²) in [7, 11) is 0. The third kappa shape index (κ3) is 1.84. The fourth-order valence-electron chi connectivity index (χ4n) is 1.40. The van der Waals surface area contributed by atoms with Crippen LogP contribution >= 0.6 is 0 Å². The zero-order valence-corrected chi connectivity index (χ0v) is 5.97. The average molecular weight is 137 g/mol. The van der Waals surface area contributed by atoms with E-state index in [0.29, 0.717) is 24.7 Å². The first-order valence-corrected chi connectivity index (χ1v) is 3.68. The van der Waals surface area contributed by atoms with Crippen molar-refractivity contribution in [3.8, 4) is 0 Å². The molecule has 2 nitrogen and oxygen atoms in total. The van der Waals surface area contributed by atoms with Crippen molar-refractivity contribution < 1.29 is 4.79 Å². The Morgan fingerprint density at radius 3 is 3.10 bits per heavy atom. The van der Waals surface area contributed by atoms with Crippen LogP contribution in [0.15, 0.2) is 0 Å². The van der Waals surface area contributed by atoms with Crippen molar-refractivity contribution >= 4 is 5.78 Å². The van der Waals surface area contributed by atoms with Gasteiger partial charge in [0.2, 0.25) is 6.54 Å². The minimum Gasteiger partial charge on any atom is -0.317 e. The van der Waals surface area contributed by atoms with Crippen molar-refractivity contribution in [1.82, 2.24) is 0 Å². The molecule has 0 N–H and O–H groups in total. The highest BCUT2D eigenvalue weighted by atomic mass is 16.1. The molecule has 10 heavy (non-hydrogen) atoms. The molecule has 0 aromatic heterocycles. The molecule has 0 spiro atoms. The Hall–Kier alpha value is -0.840. The summed E-state index contributed by atoms with van der Waals surface area (Å²) in [5.41, 5.74) is 0. The average Bonchev–Trinajstić information content (AvgIpc) is 1.88. The van der Waals surface area contributed by atoms with E-state index >= 15 is 0 Å². The van der Waals surface area contributed by atoms with Gasteiger partial charge < -0.3 is 4.85 Å². The van der Waals surface area contributed by atoms with E-state index in [-0.39, 0.29) is 0 Å². The molecular formula is C8H11NO. The van der Waals surface area contributed by atoms with Crippen molar-refractivity contribution in [3.63, 3.8) is 0 Å². The Morgan fingerprint density at radius 2 is 2.50 bits per heavy atom. The van der Waals surface area contributed by atoms with Crippen LogP contribution in [0.1, 0.15) is 25.7 Å². The largest absolute Gasteiger partial charge is 0.317 e. The first-order valence-electron chi connectivity index (χ1n) is 3.68. The smallest absolute Gasteiger partial charge is 0.217 e. The summed E-state index contributed by atoms with van der Waals surface area (Å²) in [6.45, 7) is 7.17. The van der Waals surface area contributed by atoms with Gasteiger partial charge in [-0.1, -0.05) is 0 Å². The number of hydrogen-bond acceptors (Lipinski definition) is 1. The topological polar surface area (TPSA) is 21.4 Å². The van der Waals surface area contributed by atoms with Gasteiger partial charge in [0.25, 0.3) is 0 Å². The van der Waals surface area contributed by atoms with Crippen LogP contribution in [0.3, 0.4) is 0 Å². The Balaban J connectivity index is 2.34. The lowest BCUT2D eigenvalue weighted by atomic mass is 9.88. The zero-order chi connectivity index (χ0) is 7.40. The van der Waals surface area contributed by atoms with Gasteiger partial charge in [0.15, 0.2) is 0 Å². The highest BCUT2D eigenvalue weighted by Crippen LogP contribution is 2.20. The van der Waals surface area contributed by atoms with Crippen molar-refractivity contribution in [2.75, 3.05) is 6.54 Å². The SMILES string of the molecule is [C-]#[N+]CC1CCCC(=O)C1. The molecule has 2 heteroatoms. The van der Waals surface area contributed by atoms with Crippen LogP contribution in [0.2, 0.25) is 0 Å². The lowest BCUT2D eigenvalue weighted by Crippen LogP contribution is -2.16. The molecule has 1 atom stereocenters. The second kappa shape index (κ2) is 3.36. The van der Waals surface area contributed by atoms with E-state index in [9.17, 15) is 4.79 Å². The van der Waals surface area contributed by atoms with Gasteiger partial charge in [-0.2, -0.15) is 0 Å². The molecule has 1 saturated carbocycles. The van der Waals surface area contributed by atoms with Gasteiger partial charge in [-0.3, -0.25) is 4.79 Å². The van der Waals surface area contributed by atoms with Gasteiger partial charge in [0.1, 0.15) is 5.78 Å². The fourth-order valence-corrected chi connectivity index (χ4v) is 1.40. The number of rotatable bonds is 1. The van der Waals surface area contributed by atoms with Crippen molar-refractivity contribution in [2.45, 2.75) is 25.7 Å². The maximum Gasteiger partial charge on any atom is 0.217 e. The summed E-state index contributed by atoms with van der Waals surface area (Å²) in [6, 6.07) is 0. The summed E-state index contributed by atoms with van der Waals surface area (Å²) in [4.78, 5) is 14.1. The highest BCUT2D eigenvalue weighted by molar-refractivity contribution is 5.79. The van der Waals surface area contributed by atoms with Gasteiger partial charge in [-0.15, -0.1) is 0 Å². The first-order chi connectivity index (χ1) is 4.83. The number of carbonyl (C=O) groups is 1. The lowest BCUT2D eigenvalue weighted by Gasteiger charge is -2.14. The maximum absolute atomic E-state index is 10.8. The third-order valence-electron chi connectivity index (χ3n) is 1.93. The first kappa shape index (κ1) is 7.27. The molecule has 1 aliphatic rings. The van der Waals surface area contributed by atoms with Gasteiger partial charge in [0, 0.05) is 18.8 Å². The summed E-state index contributed by atoms with van der Waals surface area (Å²) in [6.07, 6.45) is 3.48. The summed E-state index contributed by atoms with van der Waals surface area (Å²) in [5.74, 6) is 0.721. The van der Waals surface area contributed by atoms with E-state index in [0.717, 1.165) is 19.3 Å². The number of Topliss-reactive ketones (excluding diaryl/α,β-unsaturated/α-hetero) is 1. The summed E-state index contributed by atoms with van der Waals surface area (Å²) in [5, 5.41) is 0.